The summed E-state index contributed by atoms with van der Waals surface area (Å²) in [5.41, 5.74) is 1.31. The maximum absolute atomic E-state index is 13.3. The average molecular weight is 443 g/mol. The molecule has 0 aliphatic heterocycles. The summed E-state index contributed by atoms with van der Waals surface area (Å²) in [4.78, 5) is 13.3. The van der Waals surface area contributed by atoms with Gasteiger partial charge in [0.05, 0.1) is 5.56 Å². The van der Waals surface area contributed by atoms with Gasteiger partial charge in [0, 0.05) is 11.1 Å². The van der Waals surface area contributed by atoms with Crippen molar-refractivity contribution >= 4 is 17.5 Å². The number of hydrogen-bond donors (Lipinski definition) is 1. The Morgan fingerprint density at radius 3 is 2.39 bits per heavy atom. The van der Waals surface area contributed by atoms with E-state index in [0.717, 1.165) is 24.2 Å². The lowest BCUT2D eigenvalue weighted by molar-refractivity contribution is -0.0727. The predicted molar refractivity (Wildman–Crippen MR) is 119 cm³/mol. The second kappa shape index (κ2) is 8.16. The fourth-order valence-corrected chi connectivity index (χ4v) is 7.07. The molecule has 1 unspecified atom stereocenters. The van der Waals surface area contributed by atoms with Gasteiger partial charge in [-0.05, 0) is 99.3 Å². The fourth-order valence-electron chi connectivity index (χ4n) is 6.95. The lowest BCUT2D eigenvalue weighted by Gasteiger charge is -2.59. The van der Waals surface area contributed by atoms with Crippen LogP contribution in [0.15, 0.2) is 28.8 Å². The zero-order chi connectivity index (χ0) is 21.6. The molecule has 4 bridgehead atoms. The van der Waals surface area contributed by atoms with Gasteiger partial charge < -0.3 is 14.6 Å². The van der Waals surface area contributed by atoms with E-state index in [1.165, 1.54) is 38.5 Å². The van der Waals surface area contributed by atoms with Gasteiger partial charge in [-0.3, -0.25) is 4.79 Å². The van der Waals surface area contributed by atoms with Crippen LogP contribution in [0.4, 0.5) is 0 Å². The molecule has 1 atom stereocenters. The Hall–Kier alpha value is -2.01. The highest BCUT2D eigenvalue weighted by atomic mass is 35.5. The molecule has 1 amide bonds. The summed E-state index contributed by atoms with van der Waals surface area (Å²) in [6, 6.07) is 7.37. The molecule has 31 heavy (non-hydrogen) atoms. The van der Waals surface area contributed by atoms with Gasteiger partial charge in [0.2, 0.25) is 0 Å². The second-order valence-electron chi connectivity index (χ2n) is 10.0. The number of aryl methyl sites for hydroxylation is 1. The Bertz CT molecular complexity index is 917. The van der Waals surface area contributed by atoms with Gasteiger partial charge in [-0.25, -0.2) is 0 Å². The van der Waals surface area contributed by atoms with E-state index in [1.54, 1.807) is 12.1 Å². The van der Waals surface area contributed by atoms with Crippen molar-refractivity contribution in [3.8, 4) is 5.75 Å². The van der Waals surface area contributed by atoms with E-state index in [-0.39, 0.29) is 24.0 Å². The maximum Gasteiger partial charge on any atom is 0.274 e. The molecule has 2 aromatic rings. The highest BCUT2D eigenvalue weighted by Crippen LogP contribution is 2.61. The number of aromatic nitrogens is 1. The highest BCUT2D eigenvalue weighted by Gasteiger charge is 2.54. The van der Waals surface area contributed by atoms with Gasteiger partial charge >= 0.3 is 0 Å². The molecule has 4 aliphatic rings. The first-order valence-electron chi connectivity index (χ1n) is 11.6. The van der Waals surface area contributed by atoms with Crippen molar-refractivity contribution in [2.75, 3.05) is 0 Å². The van der Waals surface area contributed by atoms with Crippen LogP contribution in [0.2, 0.25) is 5.02 Å². The molecule has 0 saturated heterocycles. The van der Waals surface area contributed by atoms with Crippen molar-refractivity contribution in [3.05, 3.63) is 46.3 Å². The number of carbonyl (C=O) groups excluding carboxylic acids is 1. The Balaban J connectivity index is 1.30. The number of nitrogens with zero attached hydrogens (tertiary/aromatic N) is 1. The number of rotatable bonds is 7. The van der Waals surface area contributed by atoms with E-state index >= 15 is 0 Å². The molecule has 1 heterocycles. The van der Waals surface area contributed by atoms with Crippen molar-refractivity contribution in [1.29, 1.82) is 0 Å². The molecule has 6 rings (SSSR count). The molecule has 0 spiro atoms. The van der Waals surface area contributed by atoms with E-state index in [0.29, 0.717) is 27.8 Å². The molecular formula is C25H31ClN2O3. The number of amides is 1. The number of carbonyl (C=O) groups is 1. The van der Waals surface area contributed by atoms with Crippen molar-refractivity contribution < 1.29 is 14.1 Å². The van der Waals surface area contributed by atoms with Crippen molar-refractivity contribution in [2.24, 2.45) is 23.2 Å². The third kappa shape index (κ3) is 3.97. The van der Waals surface area contributed by atoms with Crippen LogP contribution in [0, 0.1) is 30.1 Å². The normalized spacial score (nSPS) is 29.7. The summed E-state index contributed by atoms with van der Waals surface area (Å²) in [6.07, 6.45) is 8.95. The Morgan fingerprint density at radius 2 is 1.81 bits per heavy atom. The minimum Gasteiger partial charge on any atom is -0.489 e. The molecule has 1 N–H and O–H groups in total. The smallest absolute Gasteiger partial charge is 0.274 e. The zero-order valence-electron chi connectivity index (χ0n) is 18.3. The van der Waals surface area contributed by atoms with Crippen molar-refractivity contribution in [3.63, 3.8) is 0 Å². The Kier molecular flexibility index (Phi) is 5.49. The van der Waals surface area contributed by atoms with Crippen LogP contribution in [-0.2, 0) is 6.61 Å². The van der Waals surface area contributed by atoms with Crippen molar-refractivity contribution in [2.45, 2.75) is 71.4 Å². The van der Waals surface area contributed by atoms with Gasteiger partial charge in [-0.1, -0.05) is 23.7 Å². The van der Waals surface area contributed by atoms with Gasteiger partial charge in [-0.15, -0.1) is 0 Å². The van der Waals surface area contributed by atoms with Crippen LogP contribution in [0.25, 0.3) is 0 Å². The first-order chi connectivity index (χ1) is 15.0. The predicted octanol–water partition coefficient (Wildman–Crippen LogP) is 5.94. The summed E-state index contributed by atoms with van der Waals surface area (Å²) in [5.74, 6) is 3.73. The Labute approximate surface area is 188 Å². The first kappa shape index (κ1) is 20.9. The molecule has 4 saturated carbocycles. The van der Waals surface area contributed by atoms with E-state index in [9.17, 15) is 4.79 Å². The molecule has 4 fully saturated rings. The molecule has 1 aromatic carbocycles. The molecule has 6 heteroatoms. The van der Waals surface area contributed by atoms with Crippen LogP contribution in [0.1, 0.15) is 73.7 Å². The number of halogens is 1. The van der Waals surface area contributed by atoms with Crippen LogP contribution >= 0.6 is 11.6 Å². The van der Waals surface area contributed by atoms with Crippen LogP contribution < -0.4 is 10.1 Å². The van der Waals surface area contributed by atoms with Crippen molar-refractivity contribution in [1.82, 2.24) is 10.5 Å². The summed E-state index contributed by atoms with van der Waals surface area (Å²) in [6.45, 7) is 4.25. The van der Waals surface area contributed by atoms with Crippen LogP contribution in [-0.4, -0.2) is 17.1 Å². The van der Waals surface area contributed by atoms with Crippen LogP contribution in [0.3, 0.4) is 0 Å². The molecular weight excluding hydrogens is 412 g/mol. The van der Waals surface area contributed by atoms with Gasteiger partial charge in [0.1, 0.15) is 18.1 Å². The van der Waals surface area contributed by atoms with E-state index < -0.39 is 0 Å². The SMILES string of the molecule is CCC(NC(=O)c1noc(C)c1COc1ccc(Cl)cc1)C12CC3CC(CC(C3)C1)C2. The van der Waals surface area contributed by atoms with E-state index in [1.807, 2.05) is 19.1 Å². The Morgan fingerprint density at radius 1 is 1.19 bits per heavy atom. The quantitative estimate of drug-likeness (QED) is 0.576. The monoisotopic (exact) mass is 442 g/mol. The third-order valence-electron chi connectivity index (χ3n) is 7.93. The molecule has 0 radical (unpaired) electrons. The first-order valence-corrected chi connectivity index (χ1v) is 12.0. The minimum absolute atomic E-state index is 0.144. The summed E-state index contributed by atoms with van der Waals surface area (Å²) in [7, 11) is 0. The molecule has 166 valence electrons. The number of ether oxygens (including phenoxy) is 1. The lowest BCUT2D eigenvalue weighted by atomic mass is 9.47. The summed E-state index contributed by atoms with van der Waals surface area (Å²) in [5, 5.41) is 8.11. The molecule has 4 aliphatic carbocycles. The average Bonchev–Trinajstić information content (AvgIpc) is 3.11. The third-order valence-corrected chi connectivity index (χ3v) is 8.19. The summed E-state index contributed by atoms with van der Waals surface area (Å²) >= 11 is 5.94. The molecule has 1 aromatic heterocycles. The highest BCUT2D eigenvalue weighted by molar-refractivity contribution is 6.30. The minimum atomic E-state index is -0.144. The molecule has 5 nitrogen and oxygen atoms in total. The van der Waals surface area contributed by atoms with E-state index in [4.69, 9.17) is 20.9 Å². The lowest BCUT2D eigenvalue weighted by Crippen LogP contribution is -2.56. The second-order valence-corrected chi connectivity index (χ2v) is 10.5. The topological polar surface area (TPSA) is 64.4 Å². The fraction of sp³-hybridized carbons (Fsp3) is 0.600. The maximum atomic E-state index is 13.3. The van der Waals surface area contributed by atoms with Gasteiger partial charge in [-0.2, -0.15) is 0 Å². The van der Waals surface area contributed by atoms with E-state index in [2.05, 4.69) is 17.4 Å². The standard InChI is InChI=1S/C25H31ClN2O3/c1-3-22(25-11-16-8-17(12-25)10-18(9-16)13-25)27-24(29)23-21(15(2)31-28-23)14-30-20-6-4-19(26)5-7-20/h4-7,16-18,22H,3,8-14H2,1-2H3,(H,27,29). The number of benzene rings is 1. The van der Waals surface area contributed by atoms with Crippen LogP contribution in [0.5, 0.6) is 5.75 Å². The largest absolute Gasteiger partial charge is 0.489 e. The van der Waals surface area contributed by atoms with Gasteiger partial charge in [0.25, 0.3) is 5.91 Å². The van der Waals surface area contributed by atoms with Gasteiger partial charge in [0.15, 0.2) is 5.69 Å². The summed E-state index contributed by atoms with van der Waals surface area (Å²) < 4.78 is 11.2. The number of nitrogens with one attached hydrogen (secondary N) is 1. The number of hydrogen-bond acceptors (Lipinski definition) is 4. The zero-order valence-corrected chi connectivity index (χ0v) is 19.1.